The van der Waals surface area contributed by atoms with E-state index in [1.807, 2.05) is 6.26 Å². The van der Waals surface area contributed by atoms with Gasteiger partial charge in [-0.25, -0.2) is 8.42 Å². The van der Waals surface area contributed by atoms with Crippen LogP contribution < -0.4 is 0 Å². The first kappa shape index (κ1) is 10.7. The lowest BCUT2D eigenvalue weighted by atomic mass is 11.8. The molecule has 0 aromatic carbocycles. The molecular formula is C4H8O2S4. The van der Waals surface area contributed by atoms with Gasteiger partial charge in [-0.1, -0.05) is 24.0 Å². The van der Waals surface area contributed by atoms with Crippen LogP contribution in [0.1, 0.15) is 0 Å². The molecule has 0 bridgehead atoms. The van der Waals surface area contributed by atoms with Gasteiger partial charge in [0.2, 0.25) is 0 Å². The normalized spacial score (nSPS) is 11.4. The first-order valence-corrected chi connectivity index (χ1v) is 7.02. The van der Waals surface area contributed by atoms with E-state index in [9.17, 15) is 8.42 Å². The minimum atomic E-state index is -2.87. The second-order valence-electron chi connectivity index (χ2n) is 1.64. The van der Waals surface area contributed by atoms with E-state index in [-0.39, 0.29) is 5.08 Å². The molecule has 0 radical (unpaired) electrons. The molecule has 0 atom stereocenters. The van der Waals surface area contributed by atoms with Gasteiger partial charge in [0.05, 0.1) is 0 Å². The van der Waals surface area contributed by atoms with E-state index in [4.69, 9.17) is 12.2 Å². The summed E-state index contributed by atoms with van der Waals surface area (Å²) in [5, 5.41) is 0.0900. The predicted molar refractivity (Wildman–Crippen MR) is 53.4 cm³/mol. The van der Waals surface area contributed by atoms with E-state index >= 15 is 0 Å². The van der Waals surface area contributed by atoms with Crippen molar-refractivity contribution in [2.75, 3.05) is 17.6 Å². The number of hydrogen-bond donors (Lipinski definition) is 0. The van der Waals surface area contributed by atoms with Gasteiger partial charge < -0.3 is 0 Å². The predicted octanol–water partition coefficient (Wildman–Crippen LogP) is 1.37. The smallest absolute Gasteiger partial charge is 0.157 e. The highest BCUT2D eigenvalue weighted by Crippen LogP contribution is 2.15. The molecule has 0 unspecified atom stereocenters. The molecule has 0 aliphatic carbocycles. The van der Waals surface area contributed by atoms with Crippen LogP contribution in [0.25, 0.3) is 0 Å². The van der Waals surface area contributed by atoms with Gasteiger partial charge in [-0.15, -0.1) is 11.8 Å². The fraction of sp³-hybridized carbons (Fsp3) is 0.750. The number of rotatable bonds is 2. The van der Waals surface area contributed by atoms with Crippen molar-refractivity contribution in [1.29, 1.82) is 0 Å². The molecule has 60 valence electrons. The van der Waals surface area contributed by atoms with Crippen LogP contribution in [0.2, 0.25) is 0 Å². The van der Waals surface area contributed by atoms with Gasteiger partial charge in [0.1, 0.15) is 8.61 Å². The van der Waals surface area contributed by atoms with Crippen LogP contribution in [0.5, 0.6) is 0 Å². The summed E-state index contributed by atoms with van der Waals surface area (Å²) in [6.45, 7) is 0. The maximum absolute atomic E-state index is 10.6. The summed E-state index contributed by atoms with van der Waals surface area (Å²) in [4.78, 5) is 0. The lowest BCUT2D eigenvalue weighted by Crippen LogP contribution is -1.99. The Morgan fingerprint density at radius 3 is 2.40 bits per heavy atom. The van der Waals surface area contributed by atoms with Crippen LogP contribution in [0.3, 0.4) is 0 Å². The van der Waals surface area contributed by atoms with E-state index < -0.39 is 9.84 Å². The molecular weight excluding hydrogens is 208 g/mol. The summed E-state index contributed by atoms with van der Waals surface area (Å²) in [5.41, 5.74) is 0. The Balaban J connectivity index is 3.67. The highest BCUT2D eigenvalue weighted by Gasteiger charge is 2.03. The van der Waals surface area contributed by atoms with Gasteiger partial charge in [0, 0.05) is 6.26 Å². The van der Waals surface area contributed by atoms with E-state index in [1.165, 1.54) is 29.8 Å². The molecule has 0 heterocycles. The second-order valence-corrected chi connectivity index (χ2v) is 7.13. The van der Waals surface area contributed by atoms with E-state index in [0.717, 1.165) is 0 Å². The SMILES string of the molecule is CSC(=S)SCS(C)(=O)=O. The van der Waals surface area contributed by atoms with Crippen molar-refractivity contribution in [1.82, 2.24) is 0 Å². The molecule has 0 aromatic rings. The van der Waals surface area contributed by atoms with Gasteiger partial charge in [0.15, 0.2) is 9.84 Å². The van der Waals surface area contributed by atoms with E-state index in [2.05, 4.69) is 0 Å². The molecule has 10 heavy (non-hydrogen) atoms. The summed E-state index contributed by atoms with van der Waals surface area (Å²) in [7, 11) is -2.87. The Kier molecular flexibility index (Phi) is 4.92. The fourth-order valence-electron chi connectivity index (χ4n) is 0.214. The average molecular weight is 216 g/mol. The van der Waals surface area contributed by atoms with Gasteiger partial charge >= 0.3 is 0 Å². The number of thiocarbonyl (C=S) groups is 1. The molecule has 0 amide bonds. The van der Waals surface area contributed by atoms with Crippen molar-refractivity contribution >= 4 is 49.1 Å². The summed E-state index contributed by atoms with van der Waals surface area (Å²) < 4.78 is 21.8. The third-order valence-electron chi connectivity index (χ3n) is 0.558. The van der Waals surface area contributed by atoms with Crippen molar-refractivity contribution < 1.29 is 8.42 Å². The minimum absolute atomic E-state index is 0.0900. The zero-order chi connectivity index (χ0) is 8.20. The standard InChI is InChI=1S/C4H8O2S4/c1-8-4(7)9-3-10(2,5)6/h3H2,1-2H3. The molecule has 0 aliphatic rings. The average Bonchev–Trinajstić information content (AvgIpc) is 1.81. The third-order valence-corrected chi connectivity index (χ3v) is 5.02. The van der Waals surface area contributed by atoms with Crippen LogP contribution in [0.15, 0.2) is 0 Å². The molecule has 0 saturated carbocycles. The Morgan fingerprint density at radius 2 is 2.10 bits per heavy atom. The van der Waals surface area contributed by atoms with Gasteiger partial charge in [-0.3, -0.25) is 0 Å². The highest BCUT2D eigenvalue weighted by atomic mass is 32.3. The van der Waals surface area contributed by atoms with Gasteiger partial charge in [-0.05, 0) is 6.26 Å². The lowest BCUT2D eigenvalue weighted by molar-refractivity contribution is 0.606. The minimum Gasteiger partial charge on any atom is -0.228 e. The van der Waals surface area contributed by atoms with Crippen molar-refractivity contribution in [3.8, 4) is 0 Å². The van der Waals surface area contributed by atoms with Crippen LogP contribution in [-0.4, -0.2) is 29.5 Å². The largest absolute Gasteiger partial charge is 0.228 e. The zero-order valence-corrected chi connectivity index (χ0v) is 8.92. The van der Waals surface area contributed by atoms with E-state index in [0.29, 0.717) is 3.53 Å². The quantitative estimate of drug-likeness (QED) is 0.651. The Morgan fingerprint density at radius 1 is 1.60 bits per heavy atom. The Hall–Kier alpha value is 0.740. The molecule has 2 nitrogen and oxygen atoms in total. The topological polar surface area (TPSA) is 34.1 Å². The van der Waals surface area contributed by atoms with Crippen molar-refractivity contribution in [3.63, 3.8) is 0 Å². The van der Waals surface area contributed by atoms with E-state index in [1.54, 1.807) is 0 Å². The Labute approximate surface area is 75.1 Å². The highest BCUT2D eigenvalue weighted by molar-refractivity contribution is 8.48. The maximum atomic E-state index is 10.6. The summed E-state index contributed by atoms with van der Waals surface area (Å²) in [5.74, 6) is 0. The molecule has 0 fully saturated rings. The summed E-state index contributed by atoms with van der Waals surface area (Å²) >= 11 is 7.37. The Bertz CT molecular complexity index is 205. The van der Waals surface area contributed by atoms with Crippen molar-refractivity contribution in [2.45, 2.75) is 0 Å². The monoisotopic (exact) mass is 216 g/mol. The molecule has 6 heteroatoms. The summed E-state index contributed by atoms with van der Waals surface area (Å²) in [6, 6.07) is 0. The maximum Gasteiger partial charge on any atom is 0.157 e. The van der Waals surface area contributed by atoms with Crippen molar-refractivity contribution in [2.24, 2.45) is 0 Å². The molecule has 0 aliphatic heterocycles. The molecule has 0 rings (SSSR count). The van der Waals surface area contributed by atoms with Crippen LogP contribution in [0, 0.1) is 0 Å². The van der Waals surface area contributed by atoms with Crippen LogP contribution in [-0.2, 0) is 9.84 Å². The first-order valence-electron chi connectivity index (χ1n) is 2.34. The van der Waals surface area contributed by atoms with Gasteiger partial charge in [0.25, 0.3) is 0 Å². The summed E-state index contributed by atoms with van der Waals surface area (Å²) in [6.07, 6.45) is 3.03. The number of sulfone groups is 1. The molecule has 0 saturated heterocycles. The van der Waals surface area contributed by atoms with Crippen LogP contribution >= 0.6 is 35.7 Å². The molecule has 0 aromatic heterocycles. The lowest BCUT2D eigenvalue weighted by Gasteiger charge is -1.96. The van der Waals surface area contributed by atoms with Gasteiger partial charge in [-0.2, -0.15) is 0 Å². The molecule has 0 spiro atoms. The zero-order valence-electron chi connectivity index (χ0n) is 5.66. The third kappa shape index (κ3) is 6.85. The molecule has 0 N–H and O–H groups in total. The fourth-order valence-corrected chi connectivity index (χ4v) is 2.79. The number of hydrogen-bond acceptors (Lipinski definition) is 5. The van der Waals surface area contributed by atoms with Crippen LogP contribution in [0.4, 0.5) is 0 Å². The van der Waals surface area contributed by atoms with Crippen molar-refractivity contribution in [3.05, 3.63) is 0 Å². The number of thioether (sulfide) groups is 2. The first-order chi connectivity index (χ1) is 4.45. The second kappa shape index (κ2) is 4.58.